The van der Waals surface area contributed by atoms with Crippen LogP contribution in [0, 0.1) is 27.9 Å². The van der Waals surface area contributed by atoms with E-state index in [9.17, 15) is 29.9 Å². The van der Waals surface area contributed by atoms with Crippen LogP contribution < -0.4 is 14.8 Å². The summed E-state index contributed by atoms with van der Waals surface area (Å²) in [6, 6.07) is 20.3. The number of non-ortho nitro benzene ring substituents is 1. The molecule has 6 rings (SSSR count). The molecule has 6 unspecified atom stereocenters. The molecule has 1 heterocycles. The SMILES string of the molecule is C=CCOC12Oc3ccc(OC(=O)NCC)cc3C3C(CCCCO)C(CCCCO)C=C(C(=NOCc4ccccc4)CC1N(CCC)C(=O)C=Cc1ccc([N+](=O)[O-])cc1)C32. The number of carbonyl (C=O) groups is 2. The maximum Gasteiger partial charge on any atom is 0.412 e. The second kappa shape index (κ2) is 22.5. The second-order valence-corrected chi connectivity index (χ2v) is 16.2. The summed E-state index contributed by atoms with van der Waals surface area (Å²) >= 11 is 0. The van der Waals surface area contributed by atoms with Crippen LogP contribution in [0.3, 0.4) is 0 Å². The number of nitro benzene ring substituents is 1. The number of aliphatic hydroxyl groups excluding tert-OH is 2. The first-order valence-electron chi connectivity index (χ1n) is 22.1. The molecule has 63 heavy (non-hydrogen) atoms. The lowest BCUT2D eigenvalue weighted by atomic mass is 9.55. The van der Waals surface area contributed by atoms with E-state index in [0.717, 1.165) is 42.4 Å². The fourth-order valence-corrected chi connectivity index (χ4v) is 9.39. The highest BCUT2D eigenvalue weighted by Crippen LogP contribution is 2.62. The Morgan fingerprint density at radius 1 is 1.03 bits per heavy atom. The molecule has 14 nitrogen and oxygen atoms in total. The van der Waals surface area contributed by atoms with Crippen molar-refractivity contribution >= 4 is 29.5 Å². The van der Waals surface area contributed by atoms with Gasteiger partial charge in [0.05, 0.1) is 23.2 Å². The minimum Gasteiger partial charge on any atom is -0.459 e. The van der Waals surface area contributed by atoms with Gasteiger partial charge < -0.3 is 39.5 Å². The van der Waals surface area contributed by atoms with E-state index in [4.69, 9.17) is 24.2 Å². The number of nitrogens with one attached hydrogen (secondary N) is 1. The average molecular weight is 865 g/mol. The lowest BCUT2D eigenvalue weighted by molar-refractivity contribution is -0.384. The zero-order chi connectivity index (χ0) is 44.8. The Morgan fingerprint density at radius 2 is 1.78 bits per heavy atom. The molecule has 3 aromatic carbocycles. The summed E-state index contributed by atoms with van der Waals surface area (Å²) in [5.74, 6) is -1.80. The smallest absolute Gasteiger partial charge is 0.412 e. The molecule has 3 N–H and O–H groups in total. The number of hydrogen-bond donors (Lipinski definition) is 3. The zero-order valence-corrected chi connectivity index (χ0v) is 36.2. The highest BCUT2D eigenvalue weighted by Gasteiger charge is 2.65. The summed E-state index contributed by atoms with van der Waals surface area (Å²) in [6.45, 7) is 8.97. The topological polar surface area (TPSA) is 182 Å². The van der Waals surface area contributed by atoms with Crippen LogP contribution in [0.15, 0.2) is 108 Å². The van der Waals surface area contributed by atoms with Crippen LogP contribution in [-0.2, 0) is 21.0 Å². The van der Waals surface area contributed by atoms with E-state index in [-0.39, 0.29) is 62.2 Å². The molecular weight excluding hydrogens is 805 g/mol. The fraction of sp³-hybridized carbons (Fsp3) is 0.449. The van der Waals surface area contributed by atoms with Crippen LogP contribution in [0.25, 0.3) is 6.08 Å². The van der Waals surface area contributed by atoms with Gasteiger partial charge in [-0.05, 0) is 104 Å². The number of hydrogen-bond acceptors (Lipinski definition) is 11. The van der Waals surface area contributed by atoms with Crippen molar-refractivity contribution in [2.24, 2.45) is 22.9 Å². The summed E-state index contributed by atoms with van der Waals surface area (Å²) in [5, 5.41) is 38.7. The molecule has 0 aromatic heterocycles. The van der Waals surface area contributed by atoms with E-state index in [1.165, 1.54) is 18.2 Å². The Bertz CT molecular complexity index is 2120. The number of amides is 2. The summed E-state index contributed by atoms with van der Waals surface area (Å²) in [5.41, 5.74) is 3.86. The molecule has 0 radical (unpaired) electrons. The molecule has 1 saturated carbocycles. The molecule has 2 amide bonds. The molecule has 2 aliphatic carbocycles. The maximum atomic E-state index is 14.7. The van der Waals surface area contributed by atoms with Gasteiger partial charge in [0.15, 0.2) is 0 Å². The molecule has 0 bridgehead atoms. The highest BCUT2D eigenvalue weighted by molar-refractivity contribution is 6.03. The zero-order valence-electron chi connectivity index (χ0n) is 36.2. The minimum atomic E-state index is -1.48. The quantitative estimate of drug-likeness (QED) is 0.0291. The standard InChI is InChI=1S/C49H60N4O10/c1-4-26-52(45(56)25-20-34-18-21-37(22-19-34)53(58)59)44-32-42(51-61-33-35-14-8-7-9-15-35)40-30-36(16-10-12-27-54)39(17-11-13-28-55)46-41-31-38(62-48(57)50-6-3)23-24-43(41)63-49(44,47(40)46)60-29-5-2/h5,7-9,14-15,18-25,30-31,36,39,44,46-47,54-55H,2,4,6,10-13,16-17,26-29,32-33H2,1,3H3,(H,50,57). The molecule has 6 atom stereocenters. The third kappa shape index (κ3) is 11.0. The normalized spacial score (nSPS) is 22.9. The first-order valence-corrected chi connectivity index (χ1v) is 22.1. The van der Waals surface area contributed by atoms with Gasteiger partial charge >= 0.3 is 6.09 Å². The van der Waals surface area contributed by atoms with E-state index in [1.807, 2.05) is 50.2 Å². The van der Waals surface area contributed by atoms with Crippen LogP contribution in [0.2, 0.25) is 0 Å². The van der Waals surface area contributed by atoms with Crippen LogP contribution in [0.4, 0.5) is 10.5 Å². The number of fused-ring (bicyclic) bond motifs is 2. The van der Waals surface area contributed by atoms with Crippen molar-refractivity contribution in [3.63, 3.8) is 0 Å². The molecule has 336 valence electrons. The number of nitro groups is 1. The number of nitrogens with zero attached hydrogens (tertiary/aromatic N) is 3. The molecular formula is C49H60N4O10. The van der Waals surface area contributed by atoms with E-state index in [0.29, 0.717) is 55.1 Å². The van der Waals surface area contributed by atoms with Gasteiger partial charge in [-0.3, -0.25) is 14.9 Å². The van der Waals surface area contributed by atoms with Crippen LogP contribution in [0.1, 0.15) is 87.8 Å². The number of ether oxygens (including phenoxy) is 3. The number of benzene rings is 3. The van der Waals surface area contributed by atoms with Crippen molar-refractivity contribution in [3.05, 3.63) is 130 Å². The van der Waals surface area contributed by atoms with Gasteiger partial charge in [0.25, 0.3) is 5.69 Å². The Morgan fingerprint density at radius 3 is 2.46 bits per heavy atom. The van der Waals surface area contributed by atoms with E-state index in [1.54, 1.807) is 41.3 Å². The van der Waals surface area contributed by atoms with Gasteiger partial charge in [-0.25, -0.2) is 4.79 Å². The monoisotopic (exact) mass is 864 g/mol. The number of aliphatic hydroxyl groups is 2. The number of rotatable bonds is 22. The van der Waals surface area contributed by atoms with E-state index < -0.39 is 28.8 Å². The molecule has 1 aliphatic heterocycles. The van der Waals surface area contributed by atoms with Gasteiger partial charge in [-0.15, -0.1) is 6.58 Å². The molecule has 0 spiro atoms. The van der Waals surface area contributed by atoms with E-state index in [2.05, 4.69) is 18.0 Å². The molecule has 3 aromatic rings. The molecule has 0 saturated heterocycles. The lowest BCUT2D eigenvalue weighted by Gasteiger charge is -2.60. The number of allylic oxidation sites excluding steroid dienone is 1. The van der Waals surface area contributed by atoms with Gasteiger partial charge in [0, 0.05) is 62.4 Å². The lowest BCUT2D eigenvalue weighted by Crippen LogP contribution is -2.70. The van der Waals surface area contributed by atoms with Crippen LogP contribution >= 0.6 is 0 Å². The van der Waals surface area contributed by atoms with E-state index >= 15 is 0 Å². The maximum absolute atomic E-state index is 14.7. The third-order valence-corrected chi connectivity index (χ3v) is 12.1. The molecule has 3 aliphatic rings. The summed E-state index contributed by atoms with van der Waals surface area (Å²) in [7, 11) is 0. The predicted molar refractivity (Wildman–Crippen MR) is 240 cm³/mol. The van der Waals surface area contributed by atoms with Crippen LogP contribution in [0.5, 0.6) is 11.5 Å². The Balaban J connectivity index is 1.56. The minimum absolute atomic E-state index is 0.0105. The van der Waals surface area contributed by atoms with Crippen molar-refractivity contribution in [1.82, 2.24) is 10.2 Å². The summed E-state index contributed by atoms with van der Waals surface area (Å²) in [4.78, 5) is 46.3. The number of unbranched alkanes of at least 4 members (excludes halogenated alkanes) is 2. The first-order chi connectivity index (χ1) is 30.7. The highest BCUT2D eigenvalue weighted by atomic mass is 16.7. The van der Waals surface area contributed by atoms with Crippen molar-refractivity contribution < 1.29 is 43.8 Å². The van der Waals surface area contributed by atoms with Gasteiger partial charge in [0.2, 0.25) is 11.7 Å². The average Bonchev–Trinajstić information content (AvgIpc) is 3.28. The second-order valence-electron chi connectivity index (χ2n) is 16.2. The predicted octanol–water partition coefficient (Wildman–Crippen LogP) is 8.49. The molecule has 14 heteroatoms. The fourth-order valence-electron chi connectivity index (χ4n) is 9.39. The number of oxime groups is 1. The Hall–Kier alpha value is -5.83. The van der Waals surface area contributed by atoms with Crippen molar-refractivity contribution in [2.45, 2.75) is 89.6 Å². The summed E-state index contributed by atoms with van der Waals surface area (Å²) < 4.78 is 20.1. The van der Waals surface area contributed by atoms with Crippen molar-refractivity contribution in [3.8, 4) is 11.5 Å². The largest absolute Gasteiger partial charge is 0.459 e. The van der Waals surface area contributed by atoms with Crippen molar-refractivity contribution in [1.29, 1.82) is 0 Å². The van der Waals surface area contributed by atoms with Gasteiger partial charge in [-0.2, -0.15) is 0 Å². The Labute approximate surface area is 369 Å². The van der Waals surface area contributed by atoms with Gasteiger partial charge in [0.1, 0.15) is 24.1 Å². The van der Waals surface area contributed by atoms with Crippen LogP contribution in [-0.4, -0.2) is 82.5 Å². The van der Waals surface area contributed by atoms with Gasteiger partial charge in [-0.1, -0.05) is 67.4 Å². The Kier molecular flexibility index (Phi) is 16.7. The molecule has 1 fully saturated rings. The van der Waals surface area contributed by atoms with Crippen molar-refractivity contribution in [2.75, 3.05) is 32.9 Å². The third-order valence-electron chi connectivity index (χ3n) is 12.1. The summed E-state index contributed by atoms with van der Waals surface area (Å²) in [6.07, 6.45) is 11.6. The first kappa shape index (κ1) is 46.7. The number of carbonyl (C=O) groups excluding carboxylic acids is 2.